The van der Waals surface area contributed by atoms with Crippen LogP contribution in [-0.4, -0.2) is 42.4 Å². The molecule has 1 N–H and O–H groups in total. The Morgan fingerprint density at radius 1 is 1.24 bits per heavy atom. The van der Waals surface area contributed by atoms with Gasteiger partial charge in [-0.3, -0.25) is 4.98 Å². The van der Waals surface area contributed by atoms with E-state index in [1.54, 1.807) is 19.5 Å². The van der Waals surface area contributed by atoms with Crippen LogP contribution in [0.3, 0.4) is 0 Å². The maximum Gasteiger partial charge on any atom is 0.145 e. The minimum absolute atomic E-state index is 0.101. The molecule has 2 aromatic rings. The third-order valence-electron chi connectivity index (χ3n) is 3.63. The van der Waals surface area contributed by atoms with Gasteiger partial charge in [0.25, 0.3) is 0 Å². The molecule has 3 rings (SSSR count). The largest absolute Gasteiger partial charge is 0.379 e. The summed E-state index contributed by atoms with van der Waals surface area (Å²) in [5.74, 6) is 0.744. The molecule has 0 amide bonds. The highest BCUT2D eigenvalue weighted by molar-refractivity contribution is 5.59. The lowest BCUT2D eigenvalue weighted by Gasteiger charge is -2.31. The van der Waals surface area contributed by atoms with Crippen LogP contribution in [0.15, 0.2) is 42.7 Å². The molecule has 2 heterocycles. The average molecular weight is 285 g/mol. The number of nitrogens with zero attached hydrogens (tertiary/aromatic N) is 2. The standard InChI is InChI=1S/C16H19N3O2/c1-20-15-7-8-21-11-14(15)19-16-10-17-9-13(18-16)12-5-3-2-4-6-12/h2-6,9-10,14-15H,7-8,11H2,1H3,(H,18,19)/t14-,15-/m1/s1. The molecular weight excluding hydrogens is 266 g/mol. The fourth-order valence-electron chi connectivity index (χ4n) is 2.51. The van der Waals surface area contributed by atoms with Crippen LogP contribution in [0, 0.1) is 0 Å². The van der Waals surface area contributed by atoms with Gasteiger partial charge >= 0.3 is 0 Å². The second-order valence-corrected chi connectivity index (χ2v) is 5.04. The van der Waals surface area contributed by atoms with Crippen LogP contribution in [0.2, 0.25) is 0 Å². The summed E-state index contributed by atoms with van der Waals surface area (Å²) in [6.07, 6.45) is 4.53. The van der Waals surface area contributed by atoms with E-state index >= 15 is 0 Å². The lowest BCUT2D eigenvalue weighted by molar-refractivity contribution is -0.0200. The SMILES string of the molecule is CO[C@@H]1CCOC[C@H]1Nc1cncc(-c2ccccc2)n1. The number of aromatic nitrogens is 2. The zero-order valence-electron chi connectivity index (χ0n) is 12.0. The Hall–Kier alpha value is -1.98. The van der Waals surface area contributed by atoms with Gasteiger partial charge in [-0.1, -0.05) is 30.3 Å². The summed E-state index contributed by atoms with van der Waals surface area (Å²) in [5.41, 5.74) is 1.91. The Kier molecular flexibility index (Phi) is 4.43. The van der Waals surface area contributed by atoms with Crippen LogP contribution in [0.1, 0.15) is 6.42 Å². The minimum Gasteiger partial charge on any atom is -0.379 e. The first-order valence-electron chi connectivity index (χ1n) is 7.11. The molecule has 0 bridgehead atoms. The van der Waals surface area contributed by atoms with Crippen molar-refractivity contribution in [3.63, 3.8) is 0 Å². The zero-order valence-corrected chi connectivity index (χ0v) is 12.0. The molecule has 0 unspecified atom stereocenters. The highest BCUT2D eigenvalue weighted by atomic mass is 16.5. The number of benzene rings is 1. The van der Waals surface area contributed by atoms with Gasteiger partial charge in [0, 0.05) is 19.3 Å². The van der Waals surface area contributed by atoms with Crippen molar-refractivity contribution < 1.29 is 9.47 Å². The molecule has 1 aliphatic rings. The topological polar surface area (TPSA) is 56.3 Å². The number of methoxy groups -OCH3 is 1. The molecule has 1 fully saturated rings. The number of rotatable bonds is 4. The third-order valence-corrected chi connectivity index (χ3v) is 3.63. The Bertz CT molecular complexity index is 577. The van der Waals surface area contributed by atoms with Crippen molar-refractivity contribution in [1.29, 1.82) is 0 Å². The first kappa shape index (κ1) is 14.0. The number of hydrogen-bond donors (Lipinski definition) is 1. The van der Waals surface area contributed by atoms with Gasteiger partial charge in [-0.2, -0.15) is 0 Å². The summed E-state index contributed by atoms with van der Waals surface area (Å²) in [7, 11) is 1.73. The number of nitrogens with one attached hydrogen (secondary N) is 1. The van der Waals surface area contributed by atoms with Crippen LogP contribution in [0.5, 0.6) is 0 Å². The van der Waals surface area contributed by atoms with Gasteiger partial charge in [0.2, 0.25) is 0 Å². The maximum absolute atomic E-state index is 5.51. The van der Waals surface area contributed by atoms with E-state index in [1.807, 2.05) is 30.3 Å². The summed E-state index contributed by atoms with van der Waals surface area (Å²) in [5, 5.41) is 3.37. The fourth-order valence-corrected chi connectivity index (χ4v) is 2.51. The Balaban J connectivity index is 1.77. The van der Waals surface area contributed by atoms with E-state index in [0.29, 0.717) is 6.61 Å². The molecule has 0 saturated carbocycles. The average Bonchev–Trinajstić information content (AvgIpc) is 2.56. The van der Waals surface area contributed by atoms with E-state index in [0.717, 1.165) is 30.1 Å². The van der Waals surface area contributed by atoms with Gasteiger partial charge in [0.1, 0.15) is 5.82 Å². The maximum atomic E-state index is 5.51. The monoisotopic (exact) mass is 285 g/mol. The molecule has 0 aliphatic carbocycles. The first-order chi connectivity index (χ1) is 10.4. The molecule has 110 valence electrons. The van der Waals surface area contributed by atoms with Gasteiger partial charge in [-0.05, 0) is 6.42 Å². The summed E-state index contributed by atoms with van der Waals surface area (Å²) in [4.78, 5) is 8.89. The zero-order chi connectivity index (χ0) is 14.5. The molecule has 5 heteroatoms. The molecule has 0 radical (unpaired) electrons. The number of anilines is 1. The fraction of sp³-hybridized carbons (Fsp3) is 0.375. The molecule has 1 saturated heterocycles. The van der Waals surface area contributed by atoms with Crippen molar-refractivity contribution in [1.82, 2.24) is 9.97 Å². The summed E-state index contributed by atoms with van der Waals surface area (Å²) in [6, 6.07) is 10.1. The Labute approximate surface area is 124 Å². The van der Waals surface area contributed by atoms with Crippen molar-refractivity contribution in [2.75, 3.05) is 25.6 Å². The van der Waals surface area contributed by atoms with Crippen molar-refractivity contribution in [3.8, 4) is 11.3 Å². The molecule has 1 aromatic carbocycles. The lowest BCUT2D eigenvalue weighted by atomic mass is 10.1. The molecular formula is C16H19N3O2. The van der Waals surface area contributed by atoms with Gasteiger partial charge in [0.05, 0.1) is 36.8 Å². The van der Waals surface area contributed by atoms with Gasteiger partial charge in [-0.15, -0.1) is 0 Å². The van der Waals surface area contributed by atoms with Crippen LogP contribution in [0.25, 0.3) is 11.3 Å². The van der Waals surface area contributed by atoms with E-state index in [-0.39, 0.29) is 12.1 Å². The molecule has 1 aromatic heterocycles. The van der Waals surface area contributed by atoms with Gasteiger partial charge < -0.3 is 14.8 Å². The van der Waals surface area contributed by atoms with E-state index in [2.05, 4.69) is 15.3 Å². The van der Waals surface area contributed by atoms with E-state index in [1.165, 1.54) is 0 Å². The van der Waals surface area contributed by atoms with Crippen molar-refractivity contribution in [2.45, 2.75) is 18.6 Å². The highest BCUT2D eigenvalue weighted by Gasteiger charge is 2.25. The summed E-state index contributed by atoms with van der Waals surface area (Å²) < 4.78 is 11.0. The van der Waals surface area contributed by atoms with Crippen LogP contribution < -0.4 is 5.32 Å². The van der Waals surface area contributed by atoms with Crippen molar-refractivity contribution in [2.24, 2.45) is 0 Å². The second kappa shape index (κ2) is 6.65. The molecule has 1 aliphatic heterocycles. The van der Waals surface area contributed by atoms with Gasteiger partial charge in [-0.25, -0.2) is 4.98 Å². The lowest BCUT2D eigenvalue weighted by Crippen LogP contribution is -2.43. The number of hydrogen-bond acceptors (Lipinski definition) is 5. The predicted molar refractivity (Wildman–Crippen MR) is 81.1 cm³/mol. The molecule has 5 nitrogen and oxygen atoms in total. The van der Waals surface area contributed by atoms with Crippen molar-refractivity contribution >= 4 is 5.82 Å². The van der Waals surface area contributed by atoms with Crippen LogP contribution in [-0.2, 0) is 9.47 Å². The second-order valence-electron chi connectivity index (χ2n) is 5.04. The molecule has 0 spiro atoms. The summed E-state index contributed by atoms with van der Waals surface area (Å²) in [6.45, 7) is 1.36. The molecule has 21 heavy (non-hydrogen) atoms. The first-order valence-corrected chi connectivity index (χ1v) is 7.11. The highest BCUT2D eigenvalue weighted by Crippen LogP contribution is 2.19. The van der Waals surface area contributed by atoms with E-state index in [9.17, 15) is 0 Å². The van der Waals surface area contributed by atoms with Crippen LogP contribution in [0.4, 0.5) is 5.82 Å². The van der Waals surface area contributed by atoms with E-state index < -0.39 is 0 Å². The van der Waals surface area contributed by atoms with Crippen LogP contribution >= 0.6 is 0 Å². The minimum atomic E-state index is 0.101. The Morgan fingerprint density at radius 3 is 2.90 bits per heavy atom. The quantitative estimate of drug-likeness (QED) is 0.934. The smallest absolute Gasteiger partial charge is 0.145 e. The third kappa shape index (κ3) is 3.37. The normalized spacial score (nSPS) is 22.0. The predicted octanol–water partition coefficient (Wildman–Crippen LogP) is 2.36. The Morgan fingerprint density at radius 2 is 2.10 bits per heavy atom. The summed E-state index contributed by atoms with van der Waals surface area (Å²) >= 11 is 0. The van der Waals surface area contributed by atoms with Gasteiger partial charge in [0.15, 0.2) is 0 Å². The van der Waals surface area contributed by atoms with Crippen molar-refractivity contribution in [3.05, 3.63) is 42.7 Å². The molecule has 2 atom stereocenters. The number of ether oxygens (including phenoxy) is 2. The van der Waals surface area contributed by atoms with E-state index in [4.69, 9.17) is 9.47 Å².